The molecule has 9 nitrogen and oxygen atoms in total. The smallest absolute Gasteiger partial charge is 0.342 e. The zero-order valence-corrected chi connectivity index (χ0v) is 15.5. The van der Waals surface area contributed by atoms with Gasteiger partial charge >= 0.3 is 5.97 Å². The lowest BCUT2D eigenvalue weighted by Crippen LogP contribution is -2.30. The van der Waals surface area contributed by atoms with Crippen molar-refractivity contribution in [2.75, 3.05) is 27.4 Å². The van der Waals surface area contributed by atoms with E-state index >= 15 is 0 Å². The van der Waals surface area contributed by atoms with Crippen LogP contribution >= 0.6 is 0 Å². The second-order valence-electron chi connectivity index (χ2n) is 5.67. The van der Waals surface area contributed by atoms with Gasteiger partial charge in [-0.1, -0.05) is 12.1 Å². The van der Waals surface area contributed by atoms with E-state index in [1.165, 1.54) is 19.2 Å². The number of amides is 1. The second-order valence-corrected chi connectivity index (χ2v) is 5.67. The first-order chi connectivity index (χ1) is 13.4. The number of carbonyl (C=O) groups is 2. The molecule has 0 aliphatic heterocycles. The Balaban J connectivity index is 1.84. The van der Waals surface area contributed by atoms with Crippen molar-refractivity contribution in [2.45, 2.75) is 6.42 Å². The molecule has 1 amide bonds. The van der Waals surface area contributed by atoms with Gasteiger partial charge in [0.05, 0.1) is 19.1 Å². The highest BCUT2D eigenvalue weighted by Gasteiger charge is 2.19. The number of carbonyl (C=O) groups excluding carboxylic acids is 2. The summed E-state index contributed by atoms with van der Waals surface area (Å²) in [6, 6.07) is 11.0. The normalized spacial score (nSPS) is 10.1. The maximum absolute atomic E-state index is 12.1. The summed E-state index contributed by atoms with van der Waals surface area (Å²) in [6.07, 6.45) is 0.600. The number of benzene rings is 2. The monoisotopic (exact) mass is 388 g/mol. The van der Waals surface area contributed by atoms with Gasteiger partial charge in [-0.15, -0.1) is 0 Å². The summed E-state index contributed by atoms with van der Waals surface area (Å²) in [4.78, 5) is 34.2. The molecular formula is C19H20N2O7. The SMILES string of the molecule is COc1ccc(CCNC(=O)COC(=O)c2cc([N+](=O)[O-])ccc2OC)cc1. The lowest BCUT2D eigenvalue weighted by molar-refractivity contribution is -0.384. The molecule has 0 aromatic heterocycles. The fourth-order valence-corrected chi connectivity index (χ4v) is 2.37. The average molecular weight is 388 g/mol. The molecule has 0 bridgehead atoms. The van der Waals surface area contributed by atoms with Crippen molar-refractivity contribution in [3.8, 4) is 11.5 Å². The Morgan fingerprint density at radius 1 is 1.07 bits per heavy atom. The first-order valence-corrected chi connectivity index (χ1v) is 8.33. The molecule has 0 unspecified atom stereocenters. The summed E-state index contributed by atoms with van der Waals surface area (Å²) in [5.41, 5.74) is 0.610. The maximum Gasteiger partial charge on any atom is 0.342 e. The molecule has 2 aromatic rings. The van der Waals surface area contributed by atoms with E-state index in [0.717, 1.165) is 17.4 Å². The molecule has 1 N–H and O–H groups in total. The molecule has 0 saturated carbocycles. The van der Waals surface area contributed by atoms with Gasteiger partial charge in [-0.05, 0) is 30.2 Å². The van der Waals surface area contributed by atoms with Crippen LogP contribution in [0.3, 0.4) is 0 Å². The van der Waals surface area contributed by atoms with Gasteiger partial charge in [-0.25, -0.2) is 4.79 Å². The van der Waals surface area contributed by atoms with Crippen LogP contribution in [0.4, 0.5) is 5.69 Å². The second kappa shape index (κ2) is 9.91. The molecule has 28 heavy (non-hydrogen) atoms. The summed E-state index contributed by atoms with van der Waals surface area (Å²) in [7, 11) is 2.91. The van der Waals surface area contributed by atoms with E-state index in [0.29, 0.717) is 13.0 Å². The third-order valence-electron chi connectivity index (χ3n) is 3.84. The van der Waals surface area contributed by atoms with Crippen LogP contribution in [-0.4, -0.2) is 44.2 Å². The molecule has 0 fully saturated rings. The van der Waals surface area contributed by atoms with Crippen LogP contribution in [0.15, 0.2) is 42.5 Å². The minimum atomic E-state index is -0.883. The Hall–Kier alpha value is -3.62. The van der Waals surface area contributed by atoms with E-state index in [1.54, 1.807) is 7.11 Å². The number of ether oxygens (including phenoxy) is 3. The highest BCUT2D eigenvalue weighted by molar-refractivity contribution is 5.94. The van der Waals surface area contributed by atoms with E-state index in [9.17, 15) is 19.7 Å². The Kier molecular flexibility index (Phi) is 7.32. The summed E-state index contributed by atoms with van der Waals surface area (Å²) < 4.78 is 15.0. The van der Waals surface area contributed by atoms with Gasteiger partial charge in [0.15, 0.2) is 6.61 Å². The number of nitrogens with one attached hydrogen (secondary N) is 1. The molecule has 2 aromatic carbocycles. The van der Waals surface area contributed by atoms with Crippen LogP contribution in [0.1, 0.15) is 15.9 Å². The number of hydrogen-bond acceptors (Lipinski definition) is 7. The summed E-state index contributed by atoms with van der Waals surface area (Å²) in [5, 5.41) is 13.5. The number of esters is 1. The number of nitro groups is 1. The Bertz CT molecular complexity index is 850. The molecule has 0 aliphatic rings. The molecule has 0 radical (unpaired) electrons. The zero-order chi connectivity index (χ0) is 20.5. The number of methoxy groups -OCH3 is 2. The maximum atomic E-state index is 12.1. The predicted octanol–water partition coefficient (Wildman–Crippen LogP) is 2.13. The lowest BCUT2D eigenvalue weighted by Gasteiger charge is -2.09. The standard InChI is InChI=1S/C19H20N2O7/c1-26-15-6-3-13(4-7-15)9-10-20-18(22)12-28-19(23)16-11-14(21(24)25)5-8-17(16)27-2/h3-8,11H,9-10,12H2,1-2H3,(H,20,22). The topological polar surface area (TPSA) is 117 Å². The summed E-state index contributed by atoms with van der Waals surface area (Å²) in [5.74, 6) is -0.496. The fraction of sp³-hybridized carbons (Fsp3) is 0.263. The van der Waals surface area contributed by atoms with Crippen LogP contribution in [0.5, 0.6) is 11.5 Å². The van der Waals surface area contributed by atoms with Crippen molar-refractivity contribution >= 4 is 17.6 Å². The van der Waals surface area contributed by atoms with Gasteiger partial charge in [-0.3, -0.25) is 14.9 Å². The van der Waals surface area contributed by atoms with Gasteiger partial charge < -0.3 is 19.5 Å². The molecular weight excluding hydrogens is 368 g/mol. The van der Waals surface area contributed by atoms with Crippen LogP contribution in [-0.2, 0) is 16.0 Å². The first-order valence-electron chi connectivity index (χ1n) is 8.33. The van der Waals surface area contributed by atoms with E-state index in [2.05, 4.69) is 5.32 Å². The first kappa shape index (κ1) is 20.7. The Morgan fingerprint density at radius 2 is 1.79 bits per heavy atom. The van der Waals surface area contributed by atoms with Crippen molar-refractivity contribution in [1.29, 1.82) is 0 Å². The third kappa shape index (κ3) is 5.70. The molecule has 0 saturated heterocycles. The van der Waals surface area contributed by atoms with Crippen molar-refractivity contribution in [2.24, 2.45) is 0 Å². The molecule has 0 heterocycles. The molecule has 0 atom stereocenters. The number of hydrogen-bond donors (Lipinski definition) is 1. The fourth-order valence-electron chi connectivity index (χ4n) is 2.37. The molecule has 9 heteroatoms. The predicted molar refractivity (Wildman–Crippen MR) is 99.6 cm³/mol. The van der Waals surface area contributed by atoms with Crippen LogP contribution in [0, 0.1) is 10.1 Å². The molecule has 2 rings (SSSR count). The minimum Gasteiger partial charge on any atom is -0.497 e. The van der Waals surface area contributed by atoms with E-state index in [1.807, 2.05) is 24.3 Å². The van der Waals surface area contributed by atoms with Gasteiger partial charge in [0.2, 0.25) is 0 Å². The van der Waals surface area contributed by atoms with Crippen molar-refractivity contribution in [3.05, 3.63) is 63.7 Å². The molecule has 0 spiro atoms. The summed E-state index contributed by atoms with van der Waals surface area (Å²) in [6.45, 7) is -0.143. The van der Waals surface area contributed by atoms with E-state index in [4.69, 9.17) is 14.2 Å². The van der Waals surface area contributed by atoms with Gasteiger partial charge in [-0.2, -0.15) is 0 Å². The Labute approximate surface area is 161 Å². The number of non-ortho nitro benzene ring substituents is 1. The zero-order valence-electron chi connectivity index (χ0n) is 15.5. The van der Waals surface area contributed by atoms with Crippen LogP contribution in [0.25, 0.3) is 0 Å². The largest absolute Gasteiger partial charge is 0.497 e. The van der Waals surface area contributed by atoms with Crippen molar-refractivity contribution in [3.63, 3.8) is 0 Å². The minimum absolute atomic E-state index is 0.121. The third-order valence-corrected chi connectivity index (χ3v) is 3.84. The number of nitrogens with zero attached hydrogens (tertiary/aromatic N) is 1. The van der Waals surface area contributed by atoms with Crippen molar-refractivity contribution < 1.29 is 28.7 Å². The highest BCUT2D eigenvalue weighted by Crippen LogP contribution is 2.24. The van der Waals surface area contributed by atoms with Crippen LogP contribution < -0.4 is 14.8 Å². The number of nitro benzene ring substituents is 1. The average Bonchev–Trinajstić information content (AvgIpc) is 2.71. The van der Waals surface area contributed by atoms with Gasteiger partial charge in [0, 0.05) is 18.7 Å². The van der Waals surface area contributed by atoms with Gasteiger partial charge in [0.1, 0.15) is 17.1 Å². The highest BCUT2D eigenvalue weighted by atomic mass is 16.6. The summed E-state index contributed by atoms with van der Waals surface area (Å²) >= 11 is 0. The Morgan fingerprint density at radius 3 is 2.39 bits per heavy atom. The van der Waals surface area contributed by atoms with E-state index in [-0.39, 0.29) is 17.0 Å². The van der Waals surface area contributed by atoms with Gasteiger partial charge in [0.25, 0.3) is 11.6 Å². The molecule has 148 valence electrons. The molecule has 0 aliphatic carbocycles. The lowest BCUT2D eigenvalue weighted by atomic mass is 10.1. The quantitative estimate of drug-likeness (QED) is 0.397. The van der Waals surface area contributed by atoms with Crippen molar-refractivity contribution in [1.82, 2.24) is 5.32 Å². The number of rotatable bonds is 9. The van der Waals surface area contributed by atoms with E-state index < -0.39 is 23.4 Å². The van der Waals surface area contributed by atoms with Crippen LogP contribution in [0.2, 0.25) is 0 Å².